The molecule has 1 aliphatic rings. The summed E-state index contributed by atoms with van der Waals surface area (Å²) in [6.45, 7) is 3.12. The van der Waals surface area contributed by atoms with E-state index in [2.05, 4.69) is 0 Å². The van der Waals surface area contributed by atoms with E-state index in [1.54, 1.807) is 13.8 Å². The fraction of sp³-hybridized carbons (Fsp3) is 0.385. The van der Waals surface area contributed by atoms with Crippen LogP contribution in [0.5, 0.6) is 0 Å². The van der Waals surface area contributed by atoms with Crippen LogP contribution in [0.15, 0.2) is 18.2 Å². The minimum absolute atomic E-state index is 0.0432. The van der Waals surface area contributed by atoms with Crippen LogP contribution in [0.2, 0.25) is 5.02 Å². The van der Waals surface area contributed by atoms with Gasteiger partial charge < -0.3 is 4.90 Å². The molecule has 108 valence electrons. The number of hydrogen-bond donors (Lipinski definition) is 0. The van der Waals surface area contributed by atoms with Crippen LogP contribution in [0, 0.1) is 0 Å². The topological polar surface area (TPSA) is 71.5 Å². The molecule has 5 nitrogen and oxygen atoms in total. The summed E-state index contributed by atoms with van der Waals surface area (Å²) in [4.78, 5) is 24.9. The lowest BCUT2D eigenvalue weighted by Gasteiger charge is -2.17. The molecule has 0 unspecified atom stereocenters. The molecular formula is C13H14ClNO4S. The molecule has 20 heavy (non-hydrogen) atoms. The molecule has 0 saturated heterocycles. The number of amides is 1. The summed E-state index contributed by atoms with van der Waals surface area (Å²) in [5.74, 6) is -1.52. The molecule has 7 heteroatoms. The van der Waals surface area contributed by atoms with Crippen molar-refractivity contribution in [1.82, 2.24) is 0 Å². The van der Waals surface area contributed by atoms with Crippen LogP contribution in [0.4, 0.5) is 5.69 Å². The van der Waals surface area contributed by atoms with Crippen LogP contribution in [0.1, 0.15) is 24.2 Å². The minimum atomic E-state index is -3.28. The van der Waals surface area contributed by atoms with Crippen molar-refractivity contribution in [3.05, 3.63) is 28.8 Å². The average molecular weight is 316 g/mol. The maximum absolute atomic E-state index is 11.9. The minimum Gasteiger partial charge on any atom is -0.304 e. The van der Waals surface area contributed by atoms with Gasteiger partial charge in [0, 0.05) is 11.6 Å². The molecule has 1 aliphatic heterocycles. The van der Waals surface area contributed by atoms with Crippen LogP contribution in [0.3, 0.4) is 0 Å². The Kier molecular flexibility index (Phi) is 3.88. The third-order valence-electron chi connectivity index (χ3n) is 3.25. The summed E-state index contributed by atoms with van der Waals surface area (Å²) in [7, 11) is -3.28. The zero-order chi connectivity index (χ0) is 15.1. The quantitative estimate of drug-likeness (QED) is 0.793. The van der Waals surface area contributed by atoms with Gasteiger partial charge in [-0.15, -0.1) is 0 Å². The second kappa shape index (κ2) is 5.18. The van der Waals surface area contributed by atoms with Crippen molar-refractivity contribution < 1.29 is 18.0 Å². The van der Waals surface area contributed by atoms with Gasteiger partial charge in [0.2, 0.25) is 0 Å². The largest absolute Gasteiger partial charge is 0.304 e. The van der Waals surface area contributed by atoms with Gasteiger partial charge in [0.05, 0.1) is 22.3 Å². The SMILES string of the molecule is CC(C)S(=O)(=O)CCN1C(=O)C(=O)c2ccc(Cl)cc21. The number of hydrogen-bond acceptors (Lipinski definition) is 4. The van der Waals surface area contributed by atoms with Crippen molar-refractivity contribution in [2.45, 2.75) is 19.1 Å². The maximum atomic E-state index is 11.9. The number of carbonyl (C=O) groups excluding carboxylic acids is 2. The number of anilines is 1. The number of carbonyl (C=O) groups is 2. The van der Waals surface area contributed by atoms with Gasteiger partial charge in [0.1, 0.15) is 0 Å². The summed E-state index contributed by atoms with van der Waals surface area (Å²) in [5.41, 5.74) is 0.646. The van der Waals surface area contributed by atoms with Crippen molar-refractivity contribution >= 4 is 38.8 Å². The molecule has 1 amide bonds. The molecule has 0 radical (unpaired) electrons. The molecule has 0 aliphatic carbocycles. The number of benzene rings is 1. The van der Waals surface area contributed by atoms with Crippen LogP contribution >= 0.6 is 11.6 Å². The molecule has 0 N–H and O–H groups in total. The van der Waals surface area contributed by atoms with Gasteiger partial charge >= 0.3 is 0 Å². The molecule has 0 bridgehead atoms. The number of Topliss-reactive ketones (excluding diaryl/α,β-unsaturated/α-hetero) is 1. The highest BCUT2D eigenvalue weighted by molar-refractivity contribution is 7.92. The molecule has 0 atom stereocenters. The maximum Gasteiger partial charge on any atom is 0.299 e. The lowest BCUT2D eigenvalue weighted by atomic mass is 10.1. The third kappa shape index (κ3) is 2.58. The van der Waals surface area contributed by atoms with Crippen molar-refractivity contribution in [2.24, 2.45) is 0 Å². The zero-order valence-corrected chi connectivity index (χ0v) is 12.7. The number of rotatable bonds is 4. The highest BCUT2D eigenvalue weighted by Crippen LogP contribution is 2.31. The molecule has 2 rings (SSSR count). The summed E-state index contributed by atoms with van der Waals surface area (Å²) in [6, 6.07) is 4.51. The van der Waals surface area contributed by atoms with Gasteiger partial charge in [0.25, 0.3) is 11.7 Å². The summed E-state index contributed by atoms with van der Waals surface area (Å²) in [6.07, 6.45) is 0. The predicted octanol–water partition coefficient (Wildman–Crippen LogP) is 1.69. The Bertz CT molecular complexity index is 682. The van der Waals surface area contributed by atoms with Gasteiger partial charge in [-0.25, -0.2) is 8.42 Å². The zero-order valence-electron chi connectivity index (χ0n) is 11.1. The second-order valence-electron chi connectivity index (χ2n) is 4.86. The first-order valence-corrected chi connectivity index (χ1v) is 8.20. The summed E-state index contributed by atoms with van der Waals surface area (Å²) in [5, 5.41) is -0.127. The third-order valence-corrected chi connectivity index (χ3v) is 5.68. The predicted molar refractivity (Wildman–Crippen MR) is 77.1 cm³/mol. The Morgan fingerprint density at radius 1 is 1.25 bits per heavy atom. The van der Waals surface area contributed by atoms with Crippen LogP contribution < -0.4 is 4.90 Å². The van der Waals surface area contributed by atoms with Crippen molar-refractivity contribution in [3.63, 3.8) is 0 Å². The molecular weight excluding hydrogens is 302 g/mol. The Balaban J connectivity index is 2.29. The van der Waals surface area contributed by atoms with Crippen LogP contribution in [0.25, 0.3) is 0 Å². The van der Waals surface area contributed by atoms with Gasteiger partial charge in [-0.05, 0) is 32.0 Å². The lowest BCUT2D eigenvalue weighted by molar-refractivity contribution is -0.114. The van der Waals surface area contributed by atoms with Crippen LogP contribution in [-0.4, -0.2) is 37.7 Å². The first-order chi connectivity index (χ1) is 9.24. The molecule has 0 spiro atoms. The standard InChI is InChI=1S/C13H14ClNO4S/c1-8(2)20(18,19)6-5-15-11-7-9(14)3-4-10(11)12(16)13(15)17/h3-4,7-8H,5-6H2,1-2H3. The van der Waals surface area contributed by atoms with Gasteiger partial charge in [-0.1, -0.05) is 11.6 Å². The molecule has 1 aromatic rings. The Morgan fingerprint density at radius 2 is 1.90 bits per heavy atom. The highest BCUT2D eigenvalue weighted by atomic mass is 35.5. The van der Waals surface area contributed by atoms with E-state index >= 15 is 0 Å². The van der Waals surface area contributed by atoms with E-state index in [4.69, 9.17) is 11.6 Å². The smallest absolute Gasteiger partial charge is 0.299 e. The number of nitrogens with zero attached hydrogens (tertiary/aromatic N) is 1. The Morgan fingerprint density at radius 3 is 2.50 bits per heavy atom. The van der Waals surface area contributed by atoms with E-state index in [1.807, 2.05) is 0 Å². The van der Waals surface area contributed by atoms with Crippen molar-refractivity contribution in [1.29, 1.82) is 0 Å². The van der Waals surface area contributed by atoms with E-state index in [9.17, 15) is 18.0 Å². The normalized spacial score (nSPS) is 15.1. The molecule has 1 heterocycles. The summed E-state index contributed by atoms with van der Waals surface area (Å²) >= 11 is 5.86. The van der Waals surface area contributed by atoms with E-state index in [0.29, 0.717) is 10.7 Å². The van der Waals surface area contributed by atoms with E-state index in [1.165, 1.54) is 23.1 Å². The first-order valence-electron chi connectivity index (χ1n) is 6.11. The number of fused-ring (bicyclic) bond motifs is 1. The second-order valence-corrected chi connectivity index (χ2v) is 7.98. The van der Waals surface area contributed by atoms with Gasteiger partial charge in [0.15, 0.2) is 9.84 Å². The highest BCUT2D eigenvalue weighted by Gasteiger charge is 2.36. The van der Waals surface area contributed by atoms with E-state index < -0.39 is 26.8 Å². The fourth-order valence-electron chi connectivity index (χ4n) is 1.94. The van der Waals surface area contributed by atoms with Crippen molar-refractivity contribution in [3.8, 4) is 0 Å². The van der Waals surface area contributed by atoms with Crippen LogP contribution in [-0.2, 0) is 14.6 Å². The first kappa shape index (κ1) is 15.0. The number of halogens is 1. The molecule has 0 saturated carbocycles. The molecule has 0 aromatic heterocycles. The Labute approximate surface area is 122 Å². The van der Waals surface area contributed by atoms with Crippen molar-refractivity contribution in [2.75, 3.05) is 17.2 Å². The number of sulfone groups is 1. The monoisotopic (exact) mass is 315 g/mol. The lowest BCUT2D eigenvalue weighted by Crippen LogP contribution is -2.35. The molecule has 1 aromatic carbocycles. The summed E-state index contributed by atoms with van der Waals surface area (Å²) < 4.78 is 23.6. The average Bonchev–Trinajstić information content (AvgIpc) is 2.59. The fourth-order valence-corrected chi connectivity index (χ4v) is 3.02. The van der Waals surface area contributed by atoms with Gasteiger partial charge in [-0.2, -0.15) is 0 Å². The van der Waals surface area contributed by atoms with E-state index in [-0.39, 0.29) is 17.9 Å². The van der Waals surface area contributed by atoms with Gasteiger partial charge in [-0.3, -0.25) is 9.59 Å². The van der Waals surface area contributed by atoms with E-state index in [0.717, 1.165) is 0 Å². The Hall–Kier alpha value is -1.40. The number of ketones is 1. The molecule has 0 fully saturated rings.